The van der Waals surface area contributed by atoms with E-state index < -0.39 is 0 Å². The van der Waals surface area contributed by atoms with Crippen LogP contribution in [0.2, 0.25) is 0 Å². The number of rotatable bonds is 2. The van der Waals surface area contributed by atoms with E-state index >= 15 is 0 Å². The molecule has 0 radical (unpaired) electrons. The largest absolute Gasteiger partial charge is 0.272 e. The van der Waals surface area contributed by atoms with Crippen LogP contribution in [0, 0.1) is 3.57 Å². The summed E-state index contributed by atoms with van der Waals surface area (Å²) in [7, 11) is 0. The van der Waals surface area contributed by atoms with Crippen LogP contribution in [-0.4, -0.2) is 9.78 Å². The maximum absolute atomic E-state index is 4.57. The summed E-state index contributed by atoms with van der Waals surface area (Å²) in [6.07, 6.45) is 4.76. The van der Waals surface area contributed by atoms with Crippen LogP contribution in [0.5, 0.6) is 0 Å². The highest BCUT2D eigenvalue weighted by Crippen LogP contribution is 2.48. The zero-order chi connectivity index (χ0) is 8.77. The second-order valence-electron chi connectivity index (χ2n) is 3.74. The minimum atomic E-state index is 0.414. The zero-order valence-corrected chi connectivity index (χ0v) is 9.63. The molecule has 12 heavy (non-hydrogen) atoms. The van der Waals surface area contributed by atoms with Gasteiger partial charge in [-0.1, -0.05) is 6.92 Å². The molecule has 1 aliphatic rings. The van der Waals surface area contributed by atoms with Gasteiger partial charge in [0.1, 0.15) is 0 Å². The molecule has 3 heteroatoms. The third-order valence-electron chi connectivity index (χ3n) is 2.61. The lowest BCUT2D eigenvalue weighted by Crippen LogP contribution is -2.04. The summed E-state index contributed by atoms with van der Waals surface area (Å²) in [5, 5.41) is 4.57. The van der Waals surface area contributed by atoms with Crippen LogP contribution in [0.4, 0.5) is 0 Å². The van der Waals surface area contributed by atoms with Crippen molar-refractivity contribution < 1.29 is 0 Å². The lowest BCUT2D eigenvalue weighted by molar-refractivity contribution is 0.622. The van der Waals surface area contributed by atoms with Crippen LogP contribution in [0.25, 0.3) is 0 Å². The van der Waals surface area contributed by atoms with E-state index in [1.807, 2.05) is 4.68 Å². The summed E-state index contributed by atoms with van der Waals surface area (Å²) in [4.78, 5) is 0. The van der Waals surface area contributed by atoms with Crippen molar-refractivity contribution in [2.75, 3.05) is 0 Å². The first-order chi connectivity index (χ1) is 5.65. The molecule has 0 aliphatic heterocycles. The molecule has 2 nitrogen and oxygen atoms in total. The monoisotopic (exact) mass is 276 g/mol. The van der Waals surface area contributed by atoms with Crippen molar-refractivity contribution in [2.45, 2.75) is 38.6 Å². The van der Waals surface area contributed by atoms with Gasteiger partial charge in [-0.3, -0.25) is 4.68 Å². The standard InChI is InChI=1S/C9H13IN2/c1-3-12-6-7(10)8(11-12)9(2)4-5-9/h6H,3-5H2,1-2H3. The Balaban J connectivity index is 2.37. The second kappa shape index (κ2) is 2.72. The molecule has 1 aromatic heterocycles. The topological polar surface area (TPSA) is 17.8 Å². The Morgan fingerprint density at radius 2 is 2.33 bits per heavy atom. The Morgan fingerprint density at radius 3 is 2.75 bits per heavy atom. The minimum absolute atomic E-state index is 0.414. The van der Waals surface area contributed by atoms with Gasteiger partial charge in [0.2, 0.25) is 0 Å². The van der Waals surface area contributed by atoms with Gasteiger partial charge in [-0.25, -0.2) is 0 Å². The molecule has 2 rings (SSSR count). The molecule has 1 aliphatic carbocycles. The summed E-state index contributed by atoms with van der Waals surface area (Å²) in [5.41, 5.74) is 1.72. The molecule has 1 saturated carbocycles. The third kappa shape index (κ3) is 1.28. The van der Waals surface area contributed by atoms with Gasteiger partial charge in [-0.15, -0.1) is 0 Å². The summed E-state index contributed by atoms with van der Waals surface area (Å²) in [6.45, 7) is 5.41. The van der Waals surface area contributed by atoms with Crippen LogP contribution >= 0.6 is 22.6 Å². The van der Waals surface area contributed by atoms with Crippen molar-refractivity contribution in [1.29, 1.82) is 0 Å². The Morgan fingerprint density at radius 1 is 1.67 bits per heavy atom. The van der Waals surface area contributed by atoms with Gasteiger partial charge >= 0.3 is 0 Å². The Kier molecular flexibility index (Phi) is 1.93. The van der Waals surface area contributed by atoms with E-state index in [4.69, 9.17) is 0 Å². The molecule has 0 aromatic carbocycles. The quantitative estimate of drug-likeness (QED) is 0.759. The minimum Gasteiger partial charge on any atom is -0.272 e. The van der Waals surface area contributed by atoms with Crippen LogP contribution in [-0.2, 0) is 12.0 Å². The molecule has 0 amide bonds. The molecule has 0 N–H and O–H groups in total. The van der Waals surface area contributed by atoms with Gasteiger partial charge in [0, 0.05) is 18.2 Å². The molecule has 0 bridgehead atoms. The predicted molar refractivity (Wildman–Crippen MR) is 57.2 cm³/mol. The van der Waals surface area contributed by atoms with E-state index in [9.17, 15) is 0 Å². The Labute approximate surface area is 86.5 Å². The SMILES string of the molecule is CCn1cc(I)c(C2(C)CC2)n1. The molecular formula is C9H13IN2. The number of halogens is 1. The Hall–Kier alpha value is -0.0600. The summed E-state index contributed by atoms with van der Waals surface area (Å²) < 4.78 is 3.36. The molecule has 66 valence electrons. The van der Waals surface area contributed by atoms with Crippen LogP contribution in [0.1, 0.15) is 32.4 Å². The van der Waals surface area contributed by atoms with E-state index in [0.29, 0.717) is 5.41 Å². The van der Waals surface area contributed by atoms with Gasteiger partial charge in [-0.05, 0) is 42.4 Å². The third-order valence-corrected chi connectivity index (χ3v) is 3.40. The van der Waals surface area contributed by atoms with E-state index in [-0.39, 0.29) is 0 Å². The average Bonchev–Trinajstić information content (AvgIpc) is 2.64. The van der Waals surface area contributed by atoms with E-state index in [1.165, 1.54) is 22.1 Å². The van der Waals surface area contributed by atoms with Crippen molar-refractivity contribution >= 4 is 22.6 Å². The summed E-state index contributed by atoms with van der Waals surface area (Å²) in [6, 6.07) is 0. The van der Waals surface area contributed by atoms with Crippen molar-refractivity contribution in [3.8, 4) is 0 Å². The van der Waals surface area contributed by atoms with E-state index in [1.54, 1.807) is 0 Å². The number of hydrogen-bond donors (Lipinski definition) is 0. The first-order valence-corrected chi connectivity index (χ1v) is 5.47. The first-order valence-electron chi connectivity index (χ1n) is 4.39. The second-order valence-corrected chi connectivity index (χ2v) is 4.90. The maximum Gasteiger partial charge on any atom is 0.0816 e. The molecule has 0 saturated heterocycles. The van der Waals surface area contributed by atoms with Gasteiger partial charge in [0.05, 0.1) is 9.26 Å². The van der Waals surface area contributed by atoms with Gasteiger partial charge < -0.3 is 0 Å². The fourth-order valence-electron chi connectivity index (χ4n) is 1.39. The highest BCUT2D eigenvalue weighted by atomic mass is 127. The first kappa shape index (κ1) is 8.53. The zero-order valence-electron chi connectivity index (χ0n) is 7.47. The number of hydrogen-bond acceptors (Lipinski definition) is 1. The fourth-order valence-corrected chi connectivity index (χ4v) is 2.47. The highest BCUT2D eigenvalue weighted by molar-refractivity contribution is 14.1. The molecule has 0 atom stereocenters. The molecule has 0 spiro atoms. The van der Waals surface area contributed by atoms with Crippen molar-refractivity contribution in [2.24, 2.45) is 0 Å². The molecule has 0 unspecified atom stereocenters. The molecule has 1 aromatic rings. The van der Waals surface area contributed by atoms with Gasteiger partial charge in [0.25, 0.3) is 0 Å². The van der Waals surface area contributed by atoms with Crippen molar-refractivity contribution in [1.82, 2.24) is 9.78 Å². The summed E-state index contributed by atoms with van der Waals surface area (Å²) >= 11 is 2.39. The maximum atomic E-state index is 4.57. The smallest absolute Gasteiger partial charge is 0.0816 e. The Bertz CT molecular complexity index is 299. The van der Waals surface area contributed by atoms with Crippen molar-refractivity contribution in [3.05, 3.63) is 15.5 Å². The molecule has 1 heterocycles. The predicted octanol–water partition coefficient (Wildman–Crippen LogP) is 2.56. The van der Waals surface area contributed by atoms with Crippen LogP contribution in [0.3, 0.4) is 0 Å². The lowest BCUT2D eigenvalue weighted by Gasteiger charge is -2.03. The summed E-state index contributed by atoms with van der Waals surface area (Å²) in [5.74, 6) is 0. The van der Waals surface area contributed by atoms with Crippen molar-refractivity contribution in [3.63, 3.8) is 0 Å². The average molecular weight is 276 g/mol. The molecular weight excluding hydrogens is 263 g/mol. The van der Waals surface area contributed by atoms with E-state index in [0.717, 1.165) is 6.54 Å². The lowest BCUT2D eigenvalue weighted by atomic mass is 10.1. The van der Waals surface area contributed by atoms with E-state index in [2.05, 4.69) is 47.7 Å². The normalized spacial score (nSPS) is 19.6. The highest BCUT2D eigenvalue weighted by Gasteiger charge is 2.42. The molecule has 1 fully saturated rings. The van der Waals surface area contributed by atoms with Crippen LogP contribution in [0.15, 0.2) is 6.20 Å². The fraction of sp³-hybridized carbons (Fsp3) is 0.667. The number of nitrogens with zero attached hydrogens (tertiary/aromatic N) is 2. The van der Waals surface area contributed by atoms with Gasteiger partial charge in [0.15, 0.2) is 0 Å². The van der Waals surface area contributed by atoms with Crippen LogP contribution < -0.4 is 0 Å². The number of aryl methyl sites for hydroxylation is 1. The number of aromatic nitrogens is 2. The van der Waals surface area contributed by atoms with Gasteiger partial charge in [-0.2, -0.15) is 5.10 Å².